The van der Waals surface area contributed by atoms with Crippen molar-refractivity contribution in [3.05, 3.63) is 42.1 Å². The maximum atomic E-state index is 12.0. The first-order valence-electron chi connectivity index (χ1n) is 5.12. The molecule has 1 aliphatic heterocycles. The average molecular weight is 356 g/mol. The Bertz CT molecular complexity index is 898. The minimum atomic E-state index is -0.403. The van der Waals surface area contributed by atoms with Gasteiger partial charge in [-0.25, -0.2) is 9.67 Å². The van der Waals surface area contributed by atoms with Crippen molar-refractivity contribution in [2.75, 3.05) is 5.84 Å². The Morgan fingerprint density at radius 1 is 1.47 bits per heavy atom. The lowest BCUT2D eigenvalue weighted by atomic mass is 10.1. The van der Waals surface area contributed by atoms with Gasteiger partial charge < -0.3 is 10.9 Å². The Labute approximate surface area is 124 Å². The molecule has 0 aliphatic carbocycles. The second kappa shape index (κ2) is 4.26. The molecule has 19 heavy (non-hydrogen) atoms. The third-order valence-corrected chi connectivity index (χ3v) is 4.61. The fourth-order valence-electron chi connectivity index (χ4n) is 1.85. The molecule has 1 aliphatic rings. The summed E-state index contributed by atoms with van der Waals surface area (Å²) < 4.78 is 2.09. The van der Waals surface area contributed by atoms with Gasteiger partial charge in [-0.15, -0.1) is 0 Å². The summed E-state index contributed by atoms with van der Waals surface area (Å²) in [6.07, 6.45) is 0. The second-order valence-electron chi connectivity index (χ2n) is 3.84. The van der Waals surface area contributed by atoms with Crippen molar-refractivity contribution in [3.8, 4) is 5.88 Å². The van der Waals surface area contributed by atoms with Crippen molar-refractivity contribution < 1.29 is 9.90 Å². The number of carbonyl (C=O) groups is 1. The number of rotatable bonds is 1. The van der Waals surface area contributed by atoms with Gasteiger partial charge in [0.1, 0.15) is 4.88 Å². The van der Waals surface area contributed by atoms with E-state index >= 15 is 0 Å². The predicted molar refractivity (Wildman–Crippen MR) is 77.4 cm³/mol. The molecule has 96 valence electrons. The average Bonchev–Trinajstić information content (AvgIpc) is 2.80. The Hall–Kier alpha value is -1.51. The Morgan fingerprint density at radius 3 is 2.84 bits per heavy atom. The van der Waals surface area contributed by atoms with Gasteiger partial charge in [0.15, 0.2) is 3.95 Å². The lowest BCUT2D eigenvalue weighted by molar-refractivity contribution is -0.112. The van der Waals surface area contributed by atoms with Gasteiger partial charge in [-0.3, -0.25) is 4.79 Å². The zero-order valence-corrected chi connectivity index (χ0v) is 12.5. The minimum Gasteiger partial charge on any atom is -0.492 e. The van der Waals surface area contributed by atoms with Crippen LogP contribution in [0.15, 0.2) is 27.7 Å². The summed E-state index contributed by atoms with van der Waals surface area (Å²) in [6, 6.07) is 5.32. The van der Waals surface area contributed by atoms with Crippen LogP contribution in [0.1, 0.15) is 4.88 Å². The Morgan fingerprint density at radius 2 is 2.21 bits per heavy atom. The molecule has 0 saturated carbocycles. The number of hydrogen-bond donors (Lipinski definition) is 2. The van der Waals surface area contributed by atoms with E-state index in [0.717, 1.165) is 20.5 Å². The number of nitrogens with two attached hydrogens (primary N) is 1. The van der Waals surface area contributed by atoms with Crippen LogP contribution in [0.25, 0.3) is 5.57 Å². The van der Waals surface area contributed by atoms with Gasteiger partial charge >= 0.3 is 0 Å². The number of thiazole rings is 1. The van der Waals surface area contributed by atoms with Crippen molar-refractivity contribution >= 4 is 51.0 Å². The van der Waals surface area contributed by atoms with E-state index < -0.39 is 5.91 Å². The highest BCUT2D eigenvalue weighted by atomic mass is 79.9. The first-order valence-corrected chi connectivity index (χ1v) is 7.14. The van der Waals surface area contributed by atoms with E-state index in [-0.39, 0.29) is 9.83 Å². The van der Waals surface area contributed by atoms with Crippen LogP contribution in [0, 0.1) is 3.95 Å². The van der Waals surface area contributed by atoms with Crippen molar-refractivity contribution in [2.45, 2.75) is 0 Å². The van der Waals surface area contributed by atoms with E-state index in [1.165, 1.54) is 0 Å². The second-order valence-corrected chi connectivity index (χ2v) is 6.40. The summed E-state index contributed by atoms with van der Waals surface area (Å²) >= 11 is 9.42. The fourth-order valence-corrected chi connectivity index (χ4v) is 3.39. The molecule has 3 N–H and O–H groups in total. The number of halogens is 1. The molecule has 0 radical (unpaired) electrons. The quantitative estimate of drug-likeness (QED) is 0.586. The number of nitrogens with zero attached hydrogens (tertiary/aromatic N) is 2. The number of fused-ring (bicyclic) bond motifs is 1. The molecule has 0 atom stereocenters. The third-order valence-electron chi connectivity index (χ3n) is 2.71. The summed E-state index contributed by atoms with van der Waals surface area (Å²) in [5, 5.41) is 11.2. The molecule has 1 aromatic carbocycles. The molecule has 5 nitrogen and oxygen atoms in total. The number of aromatic nitrogens is 1. The van der Waals surface area contributed by atoms with Gasteiger partial charge in [-0.1, -0.05) is 27.3 Å². The molecule has 0 unspecified atom stereocenters. The summed E-state index contributed by atoms with van der Waals surface area (Å²) in [4.78, 5) is 16.3. The summed E-state index contributed by atoms with van der Waals surface area (Å²) in [5.41, 5.74) is 0.328. The molecule has 3 rings (SSSR count). The van der Waals surface area contributed by atoms with Crippen molar-refractivity contribution in [1.82, 2.24) is 4.68 Å². The molecular weight excluding hydrogens is 350 g/mol. The van der Waals surface area contributed by atoms with Crippen LogP contribution in [0.5, 0.6) is 5.88 Å². The lowest BCUT2D eigenvalue weighted by Crippen LogP contribution is -2.22. The highest BCUT2D eigenvalue weighted by molar-refractivity contribution is 9.10. The highest BCUT2D eigenvalue weighted by Crippen LogP contribution is 2.30. The van der Waals surface area contributed by atoms with Crippen LogP contribution in [0.3, 0.4) is 0 Å². The Kier molecular flexibility index (Phi) is 2.80. The van der Waals surface area contributed by atoms with E-state index in [0.29, 0.717) is 21.0 Å². The standard InChI is InChI=1S/C11H6BrN3O2S2/c12-4-1-2-6-5(3-4)7(9(16)14-6)8-10(17)15(13)11(18)19-8/h1-3,17H,13H2. The van der Waals surface area contributed by atoms with Crippen LogP contribution in [-0.4, -0.2) is 15.7 Å². The van der Waals surface area contributed by atoms with Crippen LogP contribution in [0.4, 0.5) is 0 Å². The largest absolute Gasteiger partial charge is 0.492 e. The zero-order chi connectivity index (χ0) is 13.7. The maximum absolute atomic E-state index is 12.0. The molecule has 0 fully saturated rings. The number of carbonyl (C=O) groups excluding carboxylic acids is 1. The monoisotopic (exact) mass is 355 g/mol. The molecule has 0 bridgehead atoms. The van der Waals surface area contributed by atoms with Crippen LogP contribution < -0.4 is 16.4 Å². The smallest absolute Gasteiger partial charge is 0.279 e. The molecule has 0 saturated heterocycles. The number of benzene rings is 1. The van der Waals surface area contributed by atoms with Crippen LogP contribution >= 0.6 is 39.5 Å². The molecule has 1 amide bonds. The van der Waals surface area contributed by atoms with Crippen molar-refractivity contribution in [1.29, 1.82) is 0 Å². The number of aromatic hydroxyl groups is 1. The summed E-state index contributed by atoms with van der Waals surface area (Å²) in [7, 11) is 0. The van der Waals surface area contributed by atoms with Gasteiger partial charge in [-0.05, 0) is 30.4 Å². The van der Waals surface area contributed by atoms with E-state index in [4.69, 9.17) is 18.1 Å². The van der Waals surface area contributed by atoms with Gasteiger partial charge in [0.25, 0.3) is 5.91 Å². The third kappa shape index (κ3) is 1.83. The highest BCUT2D eigenvalue weighted by Gasteiger charge is 2.24. The van der Waals surface area contributed by atoms with Crippen molar-refractivity contribution in [2.24, 2.45) is 4.99 Å². The lowest BCUT2D eigenvalue weighted by Gasteiger charge is -1.98. The summed E-state index contributed by atoms with van der Waals surface area (Å²) in [6.45, 7) is 0. The van der Waals surface area contributed by atoms with Crippen LogP contribution in [-0.2, 0) is 4.79 Å². The first-order chi connectivity index (χ1) is 8.99. The Balaban J connectivity index is 2.45. The van der Waals surface area contributed by atoms with E-state index in [1.807, 2.05) is 0 Å². The van der Waals surface area contributed by atoms with E-state index in [1.54, 1.807) is 18.2 Å². The minimum absolute atomic E-state index is 0.221. The first kappa shape index (κ1) is 12.5. The van der Waals surface area contributed by atoms with Gasteiger partial charge in [0, 0.05) is 9.69 Å². The van der Waals surface area contributed by atoms with Gasteiger partial charge in [0.2, 0.25) is 5.88 Å². The number of hydrogen-bond acceptors (Lipinski definition) is 5. The van der Waals surface area contributed by atoms with Crippen molar-refractivity contribution in [3.63, 3.8) is 0 Å². The summed E-state index contributed by atoms with van der Waals surface area (Å²) in [5.74, 6) is 4.95. The molecule has 1 aromatic heterocycles. The topological polar surface area (TPSA) is 80.6 Å². The van der Waals surface area contributed by atoms with Gasteiger partial charge in [-0.2, -0.15) is 0 Å². The SMILES string of the molecule is Nn1c(O)c(C2=c3cc(Br)ccc3=NC2=O)sc1=S. The normalized spacial score (nSPS) is 13.5. The maximum Gasteiger partial charge on any atom is 0.279 e. The number of nitrogen functional groups attached to an aromatic ring is 1. The zero-order valence-electron chi connectivity index (χ0n) is 9.25. The fraction of sp³-hybridized carbons (Fsp3) is 0. The molecular formula is C11H6BrN3O2S2. The molecule has 0 spiro atoms. The predicted octanol–water partition coefficient (Wildman–Crippen LogP) is 0.820. The molecule has 2 aromatic rings. The molecule has 2 heterocycles. The van der Waals surface area contributed by atoms with E-state index in [2.05, 4.69) is 20.9 Å². The number of amides is 1. The molecule has 8 heteroatoms. The van der Waals surface area contributed by atoms with Crippen LogP contribution in [0.2, 0.25) is 0 Å². The van der Waals surface area contributed by atoms with Gasteiger partial charge in [0.05, 0.1) is 10.9 Å². The van der Waals surface area contributed by atoms with E-state index in [9.17, 15) is 9.90 Å².